The average molecular weight is 472 g/mol. The van der Waals surface area contributed by atoms with Gasteiger partial charge in [0.05, 0.1) is 17.6 Å². The molecule has 0 spiro atoms. The molecule has 2 aliphatic heterocycles. The first-order chi connectivity index (χ1) is 16.8. The minimum Gasteiger partial charge on any atom is -0.457 e. The van der Waals surface area contributed by atoms with Gasteiger partial charge in [-0.3, -0.25) is 19.2 Å². The highest BCUT2D eigenvalue weighted by molar-refractivity contribution is 6.24. The maximum absolute atomic E-state index is 13.6. The Morgan fingerprint density at radius 3 is 2.40 bits per heavy atom. The van der Waals surface area contributed by atoms with E-state index in [0.717, 1.165) is 11.1 Å². The average Bonchev–Trinajstić information content (AvgIpc) is 3.30. The molecule has 0 aliphatic carbocycles. The quantitative estimate of drug-likeness (QED) is 0.553. The summed E-state index contributed by atoms with van der Waals surface area (Å²) in [4.78, 5) is 45.8. The number of amides is 3. The number of nitrogens with zero attached hydrogens (tertiary/aromatic N) is 2. The number of aryl methyl sites for hydroxylation is 2. The van der Waals surface area contributed by atoms with Gasteiger partial charge in [0.25, 0.3) is 5.91 Å². The topological polar surface area (TPSA) is 102 Å². The number of carbonyl (C=O) groups excluding carboxylic acids is 3. The molecule has 2 heterocycles. The molecule has 0 saturated carbocycles. The van der Waals surface area contributed by atoms with Crippen LogP contribution in [-0.2, 0) is 19.2 Å². The number of primary amides is 1. The molecule has 3 unspecified atom stereocenters. The molecule has 2 aliphatic rings. The lowest BCUT2D eigenvalue weighted by Crippen LogP contribution is -2.40. The molecule has 2 N–H and O–H groups in total. The molecule has 3 aromatic carbocycles. The van der Waals surface area contributed by atoms with Gasteiger partial charge < -0.3 is 10.5 Å². The molecule has 2 saturated heterocycles. The van der Waals surface area contributed by atoms with E-state index < -0.39 is 29.9 Å². The third-order valence-corrected chi connectivity index (χ3v) is 6.32. The van der Waals surface area contributed by atoms with E-state index in [1.165, 1.54) is 9.96 Å². The SMILES string of the molecule is Cc1ccc(Oc2cccc(C3C4C(=O)N(c5ccccc5C)C(=O)C4ON3CC(N)=O)c2)cc1. The number of hydroxylamine groups is 2. The molecule has 0 bridgehead atoms. The van der Waals surface area contributed by atoms with Crippen LogP contribution in [0.3, 0.4) is 0 Å². The van der Waals surface area contributed by atoms with Crippen LogP contribution < -0.4 is 15.4 Å². The van der Waals surface area contributed by atoms with Crippen LogP contribution in [-0.4, -0.2) is 35.4 Å². The van der Waals surface area contributed by atoms with Crippen LogP contribution in [0.25, 0.3) is 0 Å². The first-order valence-electron chi connectivity index (χ1n) is 11.3. The van der Waals surface area contributed by atoms with Crippen molar-refractivity contribution in [1.29, 1.82) is 0 Å². The van der Waals surface area contributed by atoms with Gasteiger partial charge in [-0.05, 0) is 55.3 Å². The van der Waals surface area contributed by atoms with E-state index in [1.54, 1.807) is 30.3 Å². The van der Waals surface area contributed by atoms with Gasteiger partial charge in [-0.2, -0.15) is 5.06 Å². The number of para-hydroxylation sites is 1. The highest BCUT2D eigenvalue weighted by Gasteiger charge is 2.60. The number of anilines is 1. The van der Waals surface area contributed by atoms with Crippen molar-refractivity contribution < 1.29 is 24.0 Å². The third kappa shape index (κ3) is 4.18. The minimum atomic E-state index is -1.05. The number of imide groups is 1. The Morgan fingerprint density at radius 1 is 0.943 bits per heavy atom. The maximum Gasteiger partial charge on any atom is 0.265 e. The van der Waals surface area contributed by atoms with Crippen LogP contribution in [0, 0.1) is 19.8 Å². The second-order valence-electron chi connectivity index (χ2n) is 8.82. The summed E-state index contributed by atoms with van der Waals surface area (Å²) in [7, 11) is 0. The Morgan fingerprint density at radius 2 is 1.69 bits per heavy atom. The molecule has 3 atom stereocenters. The number of benzene rings is 3. The highest BCUT2D eigenvalue weighted by atomic mass is 16.7. The number of hydrogen-bond donors (Lipinski definition) is 1. The summed E-state index contributed by atoms with van der Waals surface area (Å²) in [5, 5.41) is 1.34. The Bertz CT molecular complexity index is 1310. The standard InChI is InChI=1S/C27H25N3O5/c1-16-10-12-19(13-11-16)34-20-8-5-7-18(14-20)24-23-25(35-29(24)15-22(28)31)27(33)30(26(23)32)21-9-4-3-6-17(21)2/h3-14,23-25H,15H2,1-2H3,(H2,28,31). The molecule has 5 rings (SSSR count). The van der Waals surface area contributed by atoms with Gasteiger partial charge in [0.1, 0.15) is 18.0 Å². The summed E-state index contributed by atoms with van der Waals surface area (Å²) < 4.78 is 6.00. The van der Waals surface area contributed by atoms with Crippen LogP contribution in [0.2, 0.25) is 0 Å². The van der Waals surface area contributed by atoms with E-state index in [0.29, 0.717) is 22.7 Å². The third-order valence-electron chi connectivity index (χ3n) is 6.32. The Hall–Kier alpha value is -4.01. The summed E-state index contributed by atoms with van der Waals surface area (Å²) in [5.74, 6) is -1.08. The number of carbonyl (C=O) groups is 3. The summed E-state index contributed by atoms with van der Waals surface area (Å²) in [6.07, 6.45) is -1.05. The molecule has 3 aromatic rings. The van der Waals surface area contributed by atoms with Crippen molar-refractivity contribution in [2.24, 2.45) is 11.7 Å². The number of nitrogens with two attached hydrogens (primary N) is 1. The van der Waals surface area contributed by atoms with Gasteiger partial charge in [-0.15, -0.1) is 0 Å². The van der Waals surface area contributed by atoms with Gasteiger partial charge >= 0.3 is 0 Å². The van der Waals surface area contributed by atoms with Crippen LogP contribution >= 0.6 is 0 Å². The smallest absolute Gasteiger partial charge is 0.265 e. The summed E-state index contributed by atoms with van der Waals surface area (Å²) in [6, 6.07) is 21.4. The van der Waals surface area contributed by atoms with Crippen molar-refractivity contribution in [2.45, 2.75) is 26.0 Å². The predicted octanol–water partition coefficient (Wildman–Crippen LogP) is 3.43. The number of fused-ring (bicyclic) bond motifs is 1. The van der Waals surface area contributed by atoms with Crippen molar-refractivity contribution in [1.82, 2.24) is 5.06 Å². The van der Waals surface area contributed by atoms with E-state index >= 15 is 0 Å². The zero-order valence-corrected chi connectivity index (χ0v) is 19.4. The molecular formula is C27H25N3O5. The first kappa shape index (κ1) is 22.8. The second kappa shape index (κ2) is 8.98. The van der Waals surface area contributed by atoms with Crippen LogP contribution in [0.1, 0.15) is 22.7 Å². The van der Waals surface area contributed by atoms with E-state index in [1.807, 2.05) is 56.3 Å². The maximum atomic E-state index is 13.6. The fourth-order valence-corrected chi connectivity index (χ4v) is 4.69. The Kier molecular flexibility index (Phi) is 5.84. The molecule has 8 heteroatoms. The number of hydrogen-bond acceptors (Lipinski definition) is 6. The van der Waals surface area contributed by atoms with Crippen molar-refractivity contribution in [3.05, 3.63) is 89.5 Å². The van der Waals surface area contributed by atoms with E-state index in [-0.39, 0.29) is 12.5 Å². The monoisotopic (exact) mass is 471 g/mol. The molecule has 35 heavy (non-hydrogen) atoms. The van der Waals surface area contributed by atoms with Gasteiger partial charge in [0.2, 0.25) is 11.8 Å². The van der Waals surface area contributed by atoms with Crippen molar-refractivity contribution in [3.63, 3.8) is 0 Å². The van der Waals surface area contributed by atoms with E-state index in [4.69, 9.17) is 15.3 Å². The molecular weight excluding hydrogens is 446 g/mol. The van der Waals surface area contributed by atoms with E-state index in [9.17, 15) is 14.4 Å². The molecule has 0 aromatic heterocycles. The highest BCUT2D eigenvalue weighted by Crippen LogP contribution is 2.46. The Labute approximate surface area is 202 Å². The second-order valence-corrected chi connectivity index (χ2v) is 8.82. The van der Waals surface area contributed by atoms with Gasteiger partial charge in [0.15, 0.2) is 6.10 Å². The molecule has 8 nitrogen and oxygen atoms in total. The zero-order chi connectivity index (χ0) is 24.7. The van der Waals surface area contributed by atoms with E-state index in [2.05, 4.69) is 0 Å². The van der Waals surface area contributed by atoms with Crippen LogP contribution in [0.15, 0.2) is 72.8 Å². The summed E-state index contributed by atoms with van der Waals surface area (Å²) >= 11 is 0. The molecule has 3 amide bonds. The van der Waals surface area contributed by atoms with Crippen molar-refractivity contribution >= 4 is 23.4 Å². The lowest BCUT2D eigenvalue weighted by molar-refractivity contribution is -0.175. The fourth-order valence-electron chi connectivity index (χ4n) is 4.69. The predicted molar refractivity (Wildman–Crippen MR) is 128 cm³/mol. The van der Waals surface area contributed by atoms with Crippen molar-refractivity contribution in [2.75, 3.05) is 11.4 Å². The summed E-state index contributed by atoms with van der Waals surface area (Å²) in [5.41, 5.74) is 8.57. The number of rotatable bonds is 6. The van der Waals surface area contributed by atoms with Gasteiger partial charge in [-0.1, -0.05) is 48.0 Å². The molecule has 0 radical (unpaired) electrons. The van der Waals surface area contributed by atoms with Gasteiger partial charge in [-0.25, -0.2) is 4.90 Å². The van der Waals surface area contributed by atoms with Crippen LogP contribution in [0.4, 0.5) is 5.69 Å². The van der Waals surface area contributed by atoms with Gasteiger partial charge in [0, 0.05) is 0 Å². The minimum absolute atomic E-state index is 0.258. The summed E-state index contributed by atoms with van der Waals surface area (Å²) in [6.45, 7) is 3.58. The zero-order valence-electron chi connectivity index (χ0n) is 19.4. The Balaban J connectivity index is 1.50. The largest absolute Gasteiger partial charge is 0.457 e. The fraction of sp³-hybridized carbons (Fsp3) is 0.222. The normalized spacial score (nSPS) is 21.9. The van der Waals surface area contributed by atoms with Crippen molar-refractivity contribution in [3.8, 4) is 11.5 Å². The van der Waals surface area contributed by atoms with Crippen LogP contribution in [0.5, 0.6) is 11.5 Å². The lowest BCUT2D eigenvalue weighted by atomic mass is 9.90. The molecule has 178 valence electrons. The lowest BCUT2D eigenvalue weighted by Gasteiger charge is -2.27. The molecule has 2 fully saturated rings. The first-order valence-corrected chi connectivity index (χ1v) is 11.3. The number of ether oxygens (including phenoxy) is 1.